The first-order chi connectivity index (χ1) is 7.72. The normalized spacial score (nSPS) is 24.6. The van der Waals surface area contributed by atoms with Crippen LogP contribution in [0.1, 0.15) is 56.9 Å². The van der Waals surface area contributed by atoms with Gasteiger partial charge in [-0.2, -0.15) is 0 Å². The van der Waals surface area contributed by atoms with E-state index in [2.05, 4.69) is 16.8 Å². The lowest BCUT2D eigenvalue weighted by Gasteiger charge is -2.32. The quantitative estimate of drug-likeness (QED) is 0.855. The summed E-state index contributed by atoms with van der Waals surface area (Å²) in [7, 11) is 0. The summed E-state index contributed by atoms with van der Waals surface area (Å²) in [5, 5.41) is 9.41. The minimum absolute atomic E-state index is 0.297. The molecule has 2 heterocycles. The molecule has 1 N–H and O–H groups in total. The summed E-state index contributed by atoms with van der Waals surface area (Å²) < 4.78 is 5.61. The second-order valence-corrected chi connectivity index (χ2v) is 4.42. The van der Waals surface area contributed by atoms with Gasteiger partial charge in [0.15, 0.2) is 5.76 Å². The van der Waals surface area contributed by atoms with E-state index >= 15 is 0 Å². The van der Waals surface area contributed by atoms with Gasteiger partial charge in [0.1, 0.15) is 6.10 Å². The lowest BCUT2D eigenvalue weighted by molar-refractivity contribution is 0.120. The molecule has 1 aromatic heterocycles. The zero-order chi connectivity index (χ0) is 11.5. The van der Waals surface area contributed by atoms with Gasteiger partial charge in [-0.05, 0) is 32.9 Å². The van der Waals surface area contributed by atoms with Crippen LogP contribution >= 0.6 is 0 Å². The smallest absolute Gasteiger partial charge is 0.211 e. The first kappa shape index (κ1) is 11.6. The molecular weight excluding hydrogens is 204 g/mol. The molecule has 90 valence electrons. The molecule has 0 bridgehead atoms. The molecule has 1 saturated heterocycles. The van der Waals surface area contributed by atoms with Crippen molar-refractivity contribution in [2.75, 3.05) is 13.1 Å². The number of nitrogens with zero attached hydrogens (tertiary/aromatic N) is 2. The van der Waals surface area contributed by atoms with Crippen molar-refractivity contribution in [2.24, 2.45) is 0 Å². The number of piperidine rings is 1. The standard InChI is InChI=1S/C12H20N2O2/c1-3-14-7-5-4-6-10(14)12-13-8-11(16-12)9(2)15/h8-10,15H,3-7H2,1-2H3. The Balaban J connectivity index is 2.14. The highest BCUT2D eigenvalue weighted by molar-refractivity contribution is 5.01. The number of rotatable bonds is 3. The predicted molar refractivity (Wildman–Crippen MR) is 61.0 cm³/mol. The molecule has 0 spiro atoms. The predicted octanol–water partition coefficient (Wildman–Crippen LogP) is 2.27. The molecule has 1 aromatic rings. The van der Waals surface area contributed by atoms with Crippen LogP contribution in [0, 0.1) is 0 Å². The zero-order valence-electron chi connectivity index (χ0n) is 10.0. The Morgan fingerprint density at radius 1 is 1.62 bits per heavy atom. The summed E-state index contributed by atoms with van der Waals surface area (Å²) in [4.78, 5) is 6.68. The van der Waals surface area contributed by atoms with Crippen molar-refractivity contribution in [3.8, 4) is 0 Å². The van der Waals surface area contributed by atoms with Crippen molar-refractivity contribution in [1.29, 1.82) is 0 Å². The van der Waals surface area contributed by atoms with E-state index in [1.807, 2.05) is 0 Å². The third-order valence-corrected chi connectivity index (χ3v) is 3.26. The Bertz CT molecular complexity index is 336. The van der Waals surface area contributed by atoms with E-state index in [4.69, 9.17) is 4.42 Å². The van der Waals surface area contributed by atoms with Crippen LogP contribution < -0.4 is 0 Å². The maximum absolute atomic E-state index is 9.41. The number of aliphatic hydroxyl groups is 1. The van der Waals surface area contributed by atoms with Gasteiger partial charge in [-0.25, -0.2) is 4.98 Å². The second-order valence-electron chi connectivity index (χ2n) is 4.42. The summed E-state index contributed by atoms with van der Waals surface area (Å²) in [5.41, 5.74) is 0. The summed E-state index contributed by atoms with van der Waals surface area (Å²) >= 11 is 0. The first-order valence-electron chi connectivity index (χ1n) is 6.10. The summed E-state index contributed by atoms with van der Waals surface area (Å²) in [6.07, 6.45) is 4.66. The lowest BCUT2D eigenvalue weighted by atomic mass is 10.0. The van der Waals surface area contributed by atoms with Crippen LogP contribution in [0.5, 0.6) is 0 Å². The maximum Gasteiger partial charge on any atom is 0.211 e. The van der Waals surface area contributed by atoms with Crippen molar-refractivity contribution in [3.05, 3.63) is 17.8 Å². The SMILES string of the molecule is CCN1CCCCC1c1ncc(C(C)O)o1. The van der Waals surface area contributed by atoms with Crippen molar-refractivity contribution >= 4 is 0 Å². The van der Waals surface area contributed by atoms with E-state index in [-0.39, 0.29) is 0 Å². The van der Waals surface area contributed by atoms with E-state index in [1.165, 1.54) is 12.8 Å². The molecule has 4 nitrogen and oxygen atoms in total. The van der Waals surface area contributed by atoms with Gasteiger partial charge in [0.25, 0.3) is 0 Å². The van der Waals surface area contributed by atoms with Crippen LogP contribution in [0.15, 0.2) is 10.6 Å². The summed E-state index contributed by atoms with van der Waals surface area (Å²) in [6.45, 7) is 6.00. The van der Waals surface area contributed by atoms with Crippen LogP contribution in [0.4, 0.5) is 0 Å². The molecular formula is C12H20N2O2. The Morgan fingerprint density at radius 2 is 2.44 bits per heavy atom. The number of hydrogen-bond donors (Lipinski definition) is 1. The third kappa shape index (κ3) is 2.28. The minimum atomic E-state index is -0.570. The van der Waals surface area contributed by atoms with Crippen LogP contribution in [0.2, 0.25) is 0 Å². The van der Waals surface area contributed by atoms with Gasteiger partial charge in [-0.3, -0.25) is 4.90 Å². The van der Waals surface area contributed by atoms with Gasteiger partial charge in [-0.15, -0.1) is 0 Å². The van der Waals surface area contributed by atoms with E-state index in [0.717, 1.165) is 25.4 Å². The van der Waals surface area contributed by atoms with Gasteiger partial charge >= 0.3 is 0 Å². The summed E-state index contributed by atoms with van der Waals surface area (Å²) in [6, 6.07) is 0.297. The Hall–Kier alpha value is -0.870. The molecule has 1 aliphatic heterocycles. The number of oxazole rings is 1. The van der Waals surface area contributed by atoms with Gasteiger partial charge < -0.3 is 9.52 Å². The average molecular weight is 224 g/mol. The molecule has 0 saturated carbocycles. The molecule has 0 radical (unpaired) electrons. The number of aromatic nitrogens is 1. The molecule has 1 fully saturated rings. The fourth-order valence-electron chi connectivity index (χ4n) is 2.30. The fourth-order valence-corrected chi connectivity index (χ4v) is 2.30. The zero-order valence-corrected chi connectivity index (χ0v) is 10.0. The Morgan fingerprint density at radius 3 is 3.06 bits per heavy atom. The topological polar surface area (TPSA) is 49.5 Å². The van der Waals surface area contributed by atoms with Crippen molar-refractivity contribution in [3.63, 3.8) is 0 Å². The molecule has 16 heavy (non-hydrogen) atoms. The van der Waals surface area contributed by atoms with E-state index < -0.39 is 6.10 Å². The lowest BCUT2D eigenvalue weighted by Crippen LogP contribution is -2.33. The molecule has 4 heteroatoms. The molecule has 2 unspecified atom stereocenters. The second kappa shape index (κ2) is 4.97. The molecule has 2 rings (SSSR count). The number of hydrogen-bond acceptors (Lipinski definition) is 4. The maximum atomic E-state index is 9.41. The van der Waals surface area contributed by atoms with Crippen LogP contribution in [0.25, 0.3) is 0 Å². The first-order valence-corrected chi connectivity index (χ1v) is 6.10. The average Bonchev–Trinajstić information content (AvgIpc) is 2.78. The van der Waals surface area contributed by atoms with Gasteiger partial charge in [0, 0.05) is 0 Å². The van der Waals surface area contributed by atoms with Crippen molar-refractivity contribution < 1.29 is 9.52 Å². The molecule has 1 aliphatic rings. The Kier molecular flexibility index (Phi) is 3.61. The van der Waals surface area contributed by atoms with Gasteiger partial charge in [0.2, 0.25) is 5.89 Å². The number of aliphatic hydroxyl groups excluding tert-OH is 1. The van der Waals surface area contributed by atoms with Gasteiger partial charge in [0.05, 0.1) is 12.2 Å². The molecule has 0 aromatic carbocycles. The van der Waals surface area contributed by atoms with Crippen LogP contribution in [0.3, 0.4) is 0 Å². The van der Waals surface area contributed by atoms with Crippen molar-refractivity contribution in [1.82, 2.24) is 9.88 Å². The third-order valence-electron chi connectivity index (χ3n) is 3.26. The number of likely N-dealkylation sites (tertiary alicyclic amines) is 1. The molecule has 2 atom stereocenters. The van der Waals surface area contributed by atoms with E-state index in [0.29, 0.717) is 11.8 Å². The summed E-state index contributed by atoms with van der Waals surface area (Å²) in [5.74, 6) is 1.33. The highest BCUT2D eigenvalue weighted by Crippen LogP contribution is 2.30. The highest BCUT2D eigenvalue weighted by atomic mass is 16.4. The van der Waals surface area contributed by atoms with E-state index in [1.54, 1.807) is 13.1 Å². The Labute approximate surface area is 96.3 Å². The van der Waals surface area contributed by atoms with Crippen LogP contribution in [-0.4, -0.2) is 28.1 Å². The monoisotopic (exact) mass is 224 g/mol. The largest absolute Gasteiger partial charge is 0.441 e. The highest BCUT2D eigenvalue weighted by Gasteiger charge is 2.26. The molecule has 0 amide bonds. The minimum Gasteiger partial charge on any atom is -0.441 e. The van der Waals surface area contributed by atoms with Crippen LogP contribution in [-0.2, 0) is 0 Å². The molecule has 0 aliphatic carbocycles. The van der Waals surface area contributed by atoms with E-state index in [9.17, 15) is 5.11 Å². The fraction of sp³-hybridized carbons (Fsp3) is 0.750. The van der Waals surface area contributed by atoms with Gasteiger partial charge in [-0.1, -0.05) is 13.3 Å². The van der Waals surface area contributed by atoms with Crippen molar-refractivity contribution in [2.45, 2.75) is 45.3 Å².